The highest BCUT2D eigenvalue weighted by Crippen LogP contribution is 2.36. The maximum absolute atomic E-state index is 13.6. The standard InChI is InChI=1S/C26H31N5O6S2/c1-37-22-11-10-20-24(29-22)38-26(28-20)30-23(32)19(14-16-4-2-3-5-16)17-6-8-18(9-7-17)39(35,36)31-13-12-27-21(15-31)25(33)34/h6-11,16,19,21,27H,2-5,12-15H2,1H3,(H,33,34)(H,28,30,32)/t19-,21?/m1/s1. The Morgan fingerprint density at radius 2 is 1.92 bits per heavy atom. The molecule has 39 heavy (non-hydrogen) atoms. The van der Waals surface area contributed by atoms with Crippen LogP contribution < -0.4 is 15.4 Å². The summed E-state index contributed by atoms with van der Waals surface area (Å²) in [5.41, 5.74) is 1.39. The molecule has 0 bridgehead atoms. The summed E-state index contributed by atoms with van der Waals surface area (Å²) in [6, 6.07) is 8.94. The SMILES string of the molecule is COc1ccc2nc(NC(=O)[C@H](CC3CCCC3)c3ccc(S(=O)(=O)N4CCNC(C(=O)O)C4)cc3)sc2n1. The van der Waals surface area contributed by atoms with Gasteiger partial charge in [0.2, 0.25) is 21.8 Å². The maximum atomic E-state index is 13.6. The van der Waals surface area contributed by atoms with Crippen molar-refractivity contribution in [3.63, 3.8) is 0 Å². The lowest BCUT2D eigenvalue weighted by Gasteiger charge is -2.30. The third-order valence-corrected chi connectivity index (χ3v) is 10.1. The van der Waals surface area contributed by atoms with Crippen LogP contribution in [-0.2, 0) is 19.6 Å². The highest BCUT2D eigenvalue weighted by atomic mass is 32.2. The van der Waals surface area contributed by atoms with Gasteiger partial charge >= 0.3 is 5.97 Å². The number of piperazine rings is 1. The van der Waals surface area contributed by atoms with Crippen molar-refractivity contribution in [2.45, 2.75) is 49.0 Å². The first-order chi connectivity index (χ1) is 18.7. The Morgan fingerprint density at radius 1 is 1.18 bits per heavy atom. The summed E-state index contributed by atoms with van der Waals surface area (Å²) in [6.45, 7) is 0.296. The van der Waals surface area contributed by atoms with E-state index in [-0.39, 0.29) is 30.4 Å². The number of amides is 1. The number of ether oxygens (including phenoxy) is 1. The van der Waals surface area contributed by atoms with Crippen LogP contribution in [0.4, 0.5) is 5.13 Å². The van der Waals surface area contributed by atoms with Gasteiger partial charge in [-0.3, -0.25) is 9.59 Å². The van der Waals surface area contributed by atoms with Crippen LogP contribution in [-0.4, -0.2) is 72.5 Å². The lowest BCUT2D eigenvalue weighted by Crippen LogP contribution is -2.55. The van der Waals surface area contributed by atoms with E-state index in [1.165, 1.54) is 27.8 Å². The number of pyridine rings is 1. The number of methoxy groups -OCH3 is 1. The van der Waals surface area contributed by atoms with Crippen LogP contribution in [0.25, 0.3) is 10.3 Å². The van der Waals surface area contributed by atoms with Gasteiger partial charge in [0.15, 0.2) is 5.13 Å². The average molecular weight is 574 g/mol. The predicted molar refractivity (Wildman–Crippen MR) is 147 cm³/mol. The number of aromatic nitrogens is 2. The van der Waals surface area contributed by atoms with Crippen molar-refractivity contribution >= 4 is 48.7 Å². The summed E-state index contributed by atoms with van der Waals surface area (Å²) < 4.78 is 32.8. The number of nitrogens with zero attached hydrogens (tertiary/aromatic N) is 3. The molecule has 1 saturated carbocycles. The Labute approximate surface area is 230 Å². The summed E-state index contributed by atoms with van der Waals surface area (Å²) in [7, 11) is -2.34. The van der Waals surface area contributed by atoms with Gasteiger partial charge in [0, 0.05) is 25.7 Å². The monoisotopic (exact) mass is 573 g/mol. The molecule has 1 aromatic carbocycles. The Hall–Kier alpha value is -3.13. The lowest BCUT2D eigenvalue weighted by molar-refractivity contribution is -0.140. The number of aliphatic carboxylic acids is 1. The molecule has 2 fully saturated rings. The normalized spacial score (nSPS) is 19.7. The number of fused-ring (bicyclic) bond motifs is 1. The molecule has 0 radical (unpaired) electrons. The van der Waals surface area contributed by atoms with Crippen LogP contribution in [0.2, 0.25) is 0 Å². The summed E-state index contributed by atoms with van der Waals surface area (Å²) in [5.74, 6) is -0.879. The number of hydrogen-bond acceptors (Lipinski definition) is 9. The number of sulfonamides is 1. The quantitative estimate of drug-likeness (QED) is 0.351. The third-order valence-electron chi connectivity index (χ3n) is 7.39. The van der Waals surface area contributed by atoms with Gasteiger partial charge in [0.25, 0.3) is 0 Å². The summed E-state index contributed by atoms with van der Waals surface area (Å²) in [5, 5.41) is 15.5. The molecule has 3 heterocycles. The molecule has 1 aliphatic carbocycles. The van der Waals surface area contributed by atoms with Crippen LogP contribution in [0.1, 0.15) is 43.6 Å². The molecular weight excluding hydrogens is 542 g/mol. The number of rotatable bonds is 9. The number of carbonyl (C=O) groups is 2. The van der Waals surface area contributed by atoms with Crippen molar-refractivity contribution in [1.82, 2.24) is 19.6 Å². The zero-order valence-electron chi connectivity index (χ0n) is 21.5. The van der Waals surface area contributed by atoms with Crippen LogP contribution in [0.3, 0.4) is 0 Å². The van der Waals surface area contributed by atoms with E-state index in [4.69, 9.17) is 4.74 Å². The molecule has 1 saturated heterocycles. The minimum atomic E-state index is -3.88. The van der Waals surface area contributed by atoms with Gasteiger partial charge < -0.3 is 20.5 Å². The van der Waals surface area contributed by atoms with E-state index in [1.807, 2.05) is 0 Å². The molecule has 2 atom stereocenters. The predicted octanol–water partition coefficient (Wildman–Crippen LogP) is 3.05. The van der Waals surface area contributed by atoms with Crippen molar-refractivity contribution < 1.29 is 27.9 Å². The first-order valence-corrected chi connectivity index (χ1v) is 15.2. The van der Waals surface area contributed by atoms with Crippen LogP contribution >= 0.6 is 11.3 Å². The van der Waals surface area contributed by atoms with E-state index in [0.29, 0.717) is 33.7 Å². The van der Waals surface area contributed by atoms with Crippen LogP contribution in [0, 0.1) is 5.92 Å². The Kier molecular flexibility index (Phi) is 8.12. The highest BCUT2D eigenvalue weighted by molar-refractivity contribution is 7.89. The van der Waals surface area contributed by atoms with E-state index in [2.05, 4.69) is 20.6 Å². The maximum Gasteiger partial charge on any atom is 0.322 e. The second-order valence-electron chi connectivity index (χ2n) is 9.90. The Morgan fingerprint density at radius 3 is 2.62 bits per heavy atom. The van der Waals surface area contributed by atoms with Crippen molar-refractivity contribution in [2.24, 2.45) is 5.92 Å². The number of nitrogens with one attached hydrogen (secondary N) is 2. The zero-order chi connectivity index (χ0) is 27.6. The number of carbonyl (C=O) groups excluding carboxylic acids is 1. The zero-order valence-corrected chi connectivity index (χ0v) is 23.1. The molecule has 3 N–H and O–H groups in total. The smallest absolute Gasteiger partial charge is 0.322 e. The van der Waals surface area contributed by atoms with E-state index in [0.717, 1.165) is 31.2 Å². The third kappa shape index (κ3) is 6.06. The van der Waals surface area contributed by atoms with E-state index in [1.54, 1.807) is 31.4 Å². The molecule has 1 amide bonds. The first kappa shape index (κ1) is 27.4. The molecule has 3 aromatic rings. The van der Waals surface area contributed by atoms with Gasteiger partial charge in [-0.05, 0) is 36.1 Å². The molecule has 1 unspecified atom stereocenters. The van der Waals surface area contributed by atoms with Crippen LogP contribution in [0.5, 0.6) is 5.88 Å². The second-order valence-corrected chi connectivity index (χ2v) is 12.8. The average Bonchev–Trinajstić information content (AvgIpc) is 3.60. The van der Waals surface area contributed by atoms with E-state index >= 15 is 0 Å². The van der Waals surface area contributed by atoms with Crippen molar-refractivity contribution in [2.75, 3.05) is 32.1 Å². The lowest BCUT2D eigenvalue weighted by atomic mass is 9.87. The number of hydrogen-bond donors (Lipinski definition) is 3. The van der Waals surface area contributed by atoms with Gasteiger partial charge in [0.1, 0.15) is 16.4 Å². The van der Waals surface area contributed by atoms with Gasteiger partial charge in [0.05, 0.1) is 17.9 Å². The van der Waals surface area contributed by atoms with Crippen molar-refractivity contribution in [3.05, 3.63) is 42.0 Å². The fraction of sp³-hybridized carbons (Fsp3) is 0.462. The molecule has 1 aliphatic heterocycles. The van der Waals surface area contributed by atoms with Crippen LogP contribution in [0.15, 0.2) is 41.3 Å². The summed E-state index contributed by atoms with van der Waals surface area (Å²) in [4.78, 5) is 34.5. The number of carboxylic acids is 1. The molecule has 2 aromatic heterocycles. The summed E-state index contributed by atoms with van der Waals surface area (Å²) >= 11 is 1.27. The van der Waals surface area contributed by atoms with Crippen molar-refractivity contribution in [3.8, 4) is 5.88 Å². The number of anilines is 1. The minimum absolute atomic E-state index is 0.0727. The molecule has 2 aliphatic rings. The molecule has 0 spiro atoms. The Bertz CT molecular complexity index is 1450. The van der Waals surface area contributed by atoms with Crippen molar-refractivity contribution in [1.29, 1.82) is 0 Å². The summed E-state index contributed by atoms with van der Waals surface area (Å²) in [6.07, 6.45) is 5.07. The molecular formula is C26H31N5O6S2. The Balaban J connectivity index is 1.36. The van der Waals surface area contributed by atoms with Gasteiger partial charge in [-0.2, -0.15) is 4.31 Å². The van der Waals surface area contributed by atoms with Gasteiger partial charge in [-0.1, -0.05) is 49.2 Å². The fourth-order valence-electron chi connectivity index (χ4n) is 5.26. The molecule has 11 nitrogen and oxygen atoms in total. The van der Waals surface area contributed by atoms with E-state index in [9.17, 15) is 23.1 Å². The topological polar surface area (TPSA) is 151 Å². The minimum Gasteiger partial charge on any atom is -0.481 e. The highest BCUT2D eigenvalue weighted by Gasteiger charge is 2.33. The number of benzene rings is 1. The number of thiazole rings is 1. The largest absolute Gasteiger partial charge is 0.481 e. The number of carboxylic acid groups (broad SMARTS) is 1. The second kappa shape index (κ2) is 11.5. The van der Waals surface area contributed by atoms with Gasteiger partial charge in [-0.25, -0.2) is 18.4 Å². The van der Waals surface area contributed by atoms with E-state index < -0.39 is 28.0 Å². The van der Waals surface area contributed by atoms with Gasteiger partial charge in [-0.15, -0.1) is 0 Å². The first-order valence-electron chi connectivity index (χ1n) is 12.9. The fourth-order valence-corrected chi connectivity index (χ4v) is 7.55. The molecule has 208 valence electrons. The molecule has 13 heteroatoms. The molecule has 5 rings (SSSR count).